The molecule has 0 bridgehead atoms. The van der Waals surface area contributed by atoms with Crippen LogP contribution in [0.15, 0.2) is 22.7 Å². The Morgan fingerprint density at radius 2 is 2.33 bits per heavy atom. The summed E-state index contributed by atoms with van der Waals surface area (Å²) in [5.41, 5.74) is 1.19. The Balaban J connectivity index is 1.89. The molecule has 0 aliphatic carbocycles. The zero-order valence-corrected chi connectivity index (χ0v) is 13.1. The van der Waals surface area contributed by atoms with Crippen LogP contribution in [0.4, 0.5) is 0 Å². The normalized spacial score (nSPS) is 20.3. The first-order valence-corrected chi connectivity index (χ1v) is 7.65. The van der Waals surface area contributed by atoms with Crippen LogP contribution in [0, 0.1) is 5.92 Å². The lowest BCUT2D eigenvalue weighted by molar-refractivity contribution is 0.237. The summed E-state index contributed by atoms with van der Waals surface area (Å²) >= 11 is 9.72. The summed E-state index contributed by atoms with van der Waals surface area (Å²) in [5.74, 6) is 0.773. The quantitative estimate of drug-likeness (QED) is 0.908. The van der Waals surface area contributed by atoms with E-state index >= 15 is 0 Å². The maximum atomic E-state index is 6.22. The molecule has 1 unspecified atom stereocenters. The summed E-state index contributed by atoms with van der Waals surface area (Å²) in [5, 5.41) is 4.32. The van der Waals surface area contributed by atoms with E-state index in [9.17, 15) is 0 Å². The van der Waals surface area contributed by atoms with E-state index < -0.39 is 0 Å². The average Bonchev–Trinajstić information content (AvgIpc) is 2.35. The van der Waals surface area contributed by atoms with Gasteiger partial charge in [0.2, 0.25) is 0 Å². The van der Waals surface area contributed by atoms with E-state index in [0.29, 0.717) is 0 Å². The van der Waals surface area contributed by atoms with Crippen molar-refractivity contribution >= 4 is 27.5 Å². The van der Waals surface area contributed by atoms with Gasteiger partial charge in [0.1, 0.15) is 0 Å². The molecule has 0 aromatic heterocycles. The minimum Gasteiger partial charge on any atom is -0.316 e. The molecule has 1 aromatic rings. The first-order valence-electron chi connectivity index (χ1n) is 6.48. The second-order valence-electron chi connectivity index (χ2n) is 5.14. The van der Waals surface area contributed by atoms with Crippen LogP contribution in [0.1, 0.15) is 18.4 Å². The van der Waals surface area contributed by atoms with Crippen LogP contribution in [0.3, 0.4) is 0 Å². The highest BCUT2D eigenvalue weighted by Gasteiger charge is 2.15. The van der Waals surface area contributed by atoms with Gasteiger partial charge in [0.05, 0.1) is 0 Å². The van der Waals surface area contributed by atoms with Crippen molar-refractivity contribution in [1.29, 1.82) is 0 Å². The van der Waals surface area contributed by atoms with E-state index in [2.05, 4.69) is 39.3 Å². The van der Waals surface area contributed by atoms with Gasteiger partial charge in [-0.3, -0.25) is 0 Å². The van der Waals surface area contributed by atoms with Crippen LogP contribution in [0.5, 0.6) is 0 Å². The van der Waals surface area contributed by atoms with E-state index in [4.69, 9.17) is 11.6 Å². The number of nitrogens with zero attached hydrogens (tertiary/aromatic N) is 1. The molecule has 2 rings (SSSR count). The lowest BCUT2D eigenvalue weighted by atomic mass is 9.99. The Labute approximate surface area is 123 Å². The van der Waals surface area contributed by atoms with Crippen molar-refractivity contribution in [1.82, 2.24) is 10.2 Å². The van der Waals surface area contributed by atoms with Gasteiger partial charge in [-0.25, -0.2) is 0 Å². The zero-order chi connectivity index (χ0) is 13.0. The number of rotatable bonds is 4. The van der Waals surface area contributed by atoms with Crippen LogP contribution in [-0.4, -0.2) is 31.6 Å². The van der Waals surface area contributed by atoms with Gasteiger partial charge in [0, 0.05) is 22.6 Å². The Hall–Kier alpha value is -0.0900. The van der Waals surface area contributed by atoms with Gasteiger partial charge in [0.25, 0.3) is 0 Å². The van der Waals surface area contributed by atoms with Crippen LogP contribution in [0.2, 0.25) is 5.02 Å². The predicted molar refractivity (Wildman–Crippen MR) is 81.1 cm³/mol. The van der Waals surface area contributed by atoms with E-state index in [1.54, 1.807) is 0 Å². The molecule has 18 heavy (non-hydrogen) atoms. The SMILES string of the molecule is CN(Cc1cc(Br)ccc1Cl)CC1CCCNC1. The molecule has 4 heteroatoms. The predicted octanol–water partition coefficient (Wildman–Crippen LogP) is 3.53. The maximum Gasteiger partial charge on any atom is 0.0451 e. The van der Waals surface area contributed by atoms with Crippen LogP contribution in [-0.2, 0) is 6.54 Å². The van der Waals surface area contributed by atoms with Crippen molar-refractivity contribution in [2.75, 3.05) is 26.7 Å². The van der Waals surface area contributed by atoms with Gasteiger partial charge in [0.15, 0.2) is 0 Å². The molecule has 0 saturated carbocycles. The summed E-state index contributed by atoms with van der Waals surface area (Å²) in [4.78, 5) is 2.37. The number of halogens is 2. The molecule has 0 radical (unpaired) electrons. The van der Waals surface area contributed by atoms with Gasteiger partial charge in [-0.2, -0.15) is 0 Å². The van der Waals surface area contributed by atoms with Gasteiger partial charge >= 0.3 is 0 Å². The largest absolute Gasteiger partial charge is 0.316 e. The summed E-state index contributed by atoms with van der Waals surface area (Å²) in [6.07, 6.45) is 2.64. The highest BCUT2D eigenvalue weighted by atomic mass is 79.9. The Kier molecular flexibility index (Phi) is 5.49. The van der Waals surface area contributed by atoms with E-state index in [1.165, 1.54) is 24.9 Å². The van der Waals surface area contributed by atoms with Crippen molar-refractivity contribution in [3.63, 3.8) is 0 Å². The van der Waals surface area contributed by atoms with Crippen molar-refractivity contribution in [2.24, 2.45) is 5.92 Å². The lowest BCUT2D eigenvalue weighted by Crippen LogP contribution is -2.36. The van der Waals surface area contributed by atoms with Gasteiger partial charge in [-0.05, 0) is 62.7 Å². The van der Waals surface area contributed by atoms with Crippen LogP contribution >= 0.6 is 27.5 Å². The smallest absolute Gasteiger partial charge is 0.0451 e. The molecule has 1 fully saturated rings. The molecule has 1 heterocycles. The van der Waals surface area contributed by atoms with Gasteiger partial charge in [-0.15, -0.1) is 0 Å². The van der Waals surface area contributed by atoms with Crippen molar-refractivity contribution in [2.45, 2.75) is 19.4 Å². The van der Waals surface area contributed by atoms with Crippen molar-refractivity contribution < 1.29 is 0 Å². The lowest BCUT2D eigenvalue weighted by Gasteiger charge is -2.27. The minimum atomic E-state index is 0.773. The minimum absolute atomic E-state index is 0.773. The molecular weight excluding hydrogens is 312 g/mol. The standard InChI is InChI=1S/C14H20BrClN2/c1-18(9-11-3-2-6-17-8-11)10-12-7-13(15)4-5-14(12)16/h4-5,7,11,17H,2-3,6,8-10H2,1H3. The summed E-state index contributed by atoms with van der Waals surface area (Å²) in [6, 6.07) is 6.05. The molecule has 1 aliphatic heterocycles. The molecule has 1 aliphatic rings. The van der Waals surface area contributed by atoms with Gasteiger partial charge in [-0.1, -0.05) is 27.5 Å². The number of benzene rings is 1. The maximum absolute atomic E-state index is 6.22. The summed E-state index contributed by atoms with van der Waals surface area (Å²) < 4.78 is 1.09. The first-order chi connectivity index (χ1) is 8.65. The van der Waals surface area contributed by atoms with E-state index in [0.717, 1.165) is 35.0 Å². The fourth-order valence-electron chi connectivity index (χ4n) is 2.54. The molecular formula is C14H20BrClN2. The molecule has 1 atom stereocenters. The van der Waals surface area contributed by atoms with Crippen LogP contribution < -0.4 is 5.32 Å². The Morgan fingerprint density at radius 3 is 3.06 bits per heavy atom. The number of hydrogen-bond acceptors (Lipinski definition) is 2. The highest BCUT2D eigenvalue weighted by molar-refractivity contribution is 9.10. The third kappa shape index (κ3) is 4.23. The molecule has 1 aromatic carbocycles. The van der Waals surface area contributed by atoms with Crippen molar-refractivity contribution in [3.05, 3.63) is 33.3 Å². The first kappa shape index (κ1) is 14.3. The molecule has 0 spiro atoms. The summed E-state index contributed by atoms with van der Waals surface area (Å²) in [7, 11) is 2.17. The fraction of sp³-hybridized carbons (Fsp3) is 0.571. The molecule has 1 N–H and O–H groups in total. The molecule has 2 nitrogen and oxygen atoms in total. The second kappa shape index (κ2) is 6.90. The average molecular weight is 332 g/mol. The fourth-order valence-corrected chi connectivity index (χ4v) is 3.13. The second-order valence-corrected chi connectivity index (χ2v) is 6.47. The van der Waals surface area contributed by atoms with E-state index in [-0.39, 0.29) is 0 Å². The molecule has 0 amide bonds. The summed E-state index contributed by atoms with van der Waals surface area (Å²) in [6.45, 7) is 4.37. The number of nitrogens with one attached hydrogen (secondary N) is 1. The number of piperidine rings is 1. The topological polar surface area (TPSA) is 15.3 Å². The van der Waals surface area contributed by atoms with Gasteiger partial charge < -0.3 is 10.2 Å². The monoisotopic (exact) mass is 330 g/mol. The third-order valence-corrected chi connectivity index (χ3v) is 4.28. The Morgan fingerprint density at radius 1 is 1.50 bits per heavy atom. The Bertz CT molecular complexity index is 391. The molecule has 1 saturated heterocycles. The third-order valence-electron chi connectivity index (χ3n) is 3.42. The zero-order valence-electron chi connectivity index (χ0n) is 10.8. The highest BCUT2D eigenvalue weighted by Crippen LogP contribution is 2.22. The molecule has 100 valence electrons. The van der Waals surface area contributed by atoms with Crippen LogP contribution in [0.25, 0.3) is 0 Å². The van der Waals surface area contributed by atoms with E-state index in [1.807, 2.05) is 12.1 Å². The number of hydrogen-bond donors (Lipinski definition) is 1. The van der Waals surface area contributed by atoms with Crippen molar-refractivity contribution in [3.8, 4) is 0 Å².